The summed E-state index contributed by atoms with van der Waals surface area (Å²) in [6.45, 7) is 0. The third-order valence-electron chi connectivity index (χ3n) is 2.35. The molecule has 0 spiro atoms. The van der Waals surface area contributed by atoms with Crippen molar-refractivity contribution in [2.45, 2.75) is 14.6 Å². The molecule has 1 amide bonds. The minimum Gasteiger partial charge on any atom is -0.396 e. The Balaban J connectivity index is 3.52. The van der Waals surface area contributed by atoms with Crippen LogP contribution in [0.1, 0.15) is 0 Å². The molecule has 0 heterocycles. The topological polar surface area (TPSA) is 164 Å². The van der Waals surface area contributed by atoms with Gasteiger partial charge in [0, 0.05) is 11.0 Å². The first-order chi connectivity index (χ1) is 9.87. The van der Waals surface area contributed by atoms with Gasteiger partial charge >= 0.3 is 0 Å². The van der Waals surface area contributed by atoms with Crippen LogP contribution < -0.4 is 11.1 Å². The van der Waals surface area contributed by atoms with E-state index < -0.39 is 46.4 Å². The molecule has 9 nitrogen and oxygen atoms in total. The molecule has 22 heavy (non-hydrogen) atoms. The lowest BCUT2D eigenvalue weighted by molar-refractivity contribution is -0.115. The van der Waals surface area contributed by atoms with Crippen molar-refractivity contribution in [1.29, 1.82) is 0 Å². The highest BCUT2D eigenvalue weighted by Crippen LogP contribution is 2.30. The van der Waals surface area contributed by atoms with E-state index in [9.17, 15) is 21.6 Å². The van der Waals surface area contributed by atoms with Gasteiger partial charge in [0.15, 0.2) is 0 Å². The highest BCUT2D eigenvalue weighted by atomic mass is 79.9. The number of nitrogen functional groups attached to an aromatic ring is 1. The number of anilines is 2. The van der Waals surface area contributed by atoms with Crippen molar-refractivity contribution < 1.29 is 30.7 Å². The average molecular weight is 482 g/mol. The van der Waals surface area contributed by atoms with Crippen LogP contribution in [0.5, 0.6) is 0 Å². The summed E-state index contributed by atoms with van der Waals surface area (Å²) in [5, 5.41) is 2.45. The van der Waals surface area contributed by atoms with Crippen molar-refractivity contribution in [3.8, 4) is 0 Å². The molecule has 1 rings (SSSR count). The van der Waals surface area contributed by atoms with Crippen molar-refractivity contribution in [3.63, 3.8) is 0 Å². The number of nitrogens with one attached hydrogen (secondary N) is 1. The molecule has 0 saturated heterocycles. The minimum atomic E-state index is -4.87. The van der Waals surface area contributed by atoms with Gasteiger partial charge in [-0.25, -0.2) is 0 Å². The number of carbonyl (C=O) groups is 1. The molecule has 0 fully saturated rings. The van der Waals surface area contributed by atoms with Crippen LogP contribution in [0.2, 0.25) is 0 Å². The zero-order chi connectivity index (χ0) is 17.3. The number of hydrogen-bond donors (Lipinski definition) is 4. The number of nitrogens with two attached hydrogens (primary N) is 1. The van der Waals surface area contributed by atoms with Crippen LogP contribution in [0.3, 0.4) is 0 Å². The van der Waals surface area contributed by atoms with E-state index in [0.29, 0.717) is 0 Å². The van der Waals surface area contributed by atoms with E-state index in [0.717, 1.165) is 12.1 Å². The summed E-state index contributed by atoms with van der Waals surface area (Å²) in [6, 6.07) is 1.54. The lowest BCUT2D eigenvalue weighted by Crippen LogP contribution is -2.24. The van der Waals surface area contributed by atoms with Crippen LogP contribution >= 0.6 is 31.9 Å². The Kier molecular flexibility index (Phi) is 5.97. The van der Waals surface area contributed by atoms with E-state index in [2.05, 4.69) is 37.2 Å². The molecule has 1 atom stereocenters. The number of alkyl halides is 2. The fraction of sp³-hybridized carbons (Fsp3) is 0.222. The van der Waals surface area contributed by atoms with E-state index in [1.165, 1.54) is 0 Å². The molecule has 1 unspecified atom stereocenters. The summed E-state index contributed by atoms with van der Waals surface area (Å²) in [7, 11) is -9.75. The van der Waals surface area contributed by atoms with Gasteiger partial charge in [0.25, 0.3) is 20.2 Å². The van der Waals surface area contributed by atoms with E-state index in [-0.39, 0.29) is 11.0 Å². The summed E-state index contributed by atoms with van der Waals surface area (Å²) in [5.41, 5.74) is 4.18. The Hall–Kier alpha value is -0.730. The van der Waals surface area contributed by atoms with Gasteiger partial charge in [-0.15, -0.1) is 0 Å². The molecule has 1 aromatic carbocycles. The zero-order valence-electron chi connectivity index (χ0n) is 10.5. The second-order valence-corrected chi connectivity index (χ2v) is 8.48. The highest BCUT2D eigenvalue weighted by molar-refractivity contribution is 9.12. The van der Waals surface area contributed by atoms with Gasteiger partial charge in [0.2, 0.25) is 5.91 Å². The second-order valence-electron chi connectivity index (χ2n) is 3.95. The Bertz CT molecular complexity index is 754. The van der Waals surface area contributed by atoms with Crippen molar-refractivity contribution in [1.82, 2.24) is 0 Å². The third-order valence-corrected chi connectivity index (χ3v) is 6.39. The monoisotopic (exact) mass is 480 g/mol. The summed E-state index contributed by atoms with van der Waals surface area (Å²) in [6.07, 6.45) is 0. The molecule has 0 aliphatic heterocycles. The lowest BCUT2D eigenvalue weighted by Gasteiger charge is -2.13. The normalized spacial score (nSPS) is 13.6. The summed E-state index contributed by atoms with van der Waals surface area (Å²) >= 11 is 6.04. The van der Waals surface area contributed by atoms with Gasteiger partial charge in [-0.2, -0.15) is 16.8 Å². The van der Waals surface area contributed by atoms with E-state index in [1.807, 2.05) is 0 Å². The average Bonchev–Trinajstić information content (AvgIpc) is 2.36. The number of rotatable bonds is 5. The van der Waals surface area contributed by atoms with Crippen LogP contribution in [-0.2, 0) is 25.0 Å². The Morgan fingerprint density at radius 3 is 1.91 bits per heavy atom. The number of halogens is 2. The molecule has 124 valence electrons. The number of amides is 1. The van der Waals surface area contributed by atoms with Gasteiger partial charge in [-0.05, 0) is 12.1 Å². The minimum absolute atomic E-state index is 0.226. The smallest absolute Gasteiger partial charge is 0.296 e. The first-order valence-corrected chi connectivity index (χ1v) is 10.2. The Morgan fingerprint density at radius 1 is 1.18 bits per heavy atom. The van der Waals surface area contributed by atoms with E-state index in [1.54, 1.807) is 0 Å². The van der Waals surface area contributed by atoms with Gasteiger partial charge in [0.05, 0.1) is 5.69 Å². The summed E-state index contributed by atoms with van der Waals surface area (Å²) in [4.78, 5) is 9.11. The second kappa shape index (κ2) is 6.80. The standard InChI is InChI=1S/C9H10Br2N2O7S2/c10-3-5(11)9(14)13-4-1-6(21(15,16)17)8(12)7(2-4)22(18,19)20/h1-2,5H,3,12H2,(H,13,14)(H,15,16,17)(H,18,19,20). The molecular weight excluding hydrogens is 472 g/mol. The lowest BCUT2D eigenvalue weighted by atomic mass is 10.2. The van der Waals surface area contributed by atoms with Crippen LogP contribution in [0.15, 0.2) is 21.9 Å². The largest absolute Gasteiger partial charge is 0.396 e. The number of carbonyl (C=O) groups excluding carboxylic acids is 1. The SMILES string of the molecule is Nc1c(S(=O)(=O)O)cc(NC(=O)C(Br)CBr)cc1S(=O)(=O)O. The molecule has 13 heteroatoms. The number of hydrogen-bond acceptors (Lipinski definition) is 6. The Labute approximate surface area is 143 Å². The van der Waals surface area contributed by atoms with Gasteiger partial charge in [-0.3, -0.25) is 13.9 Å². The fourth-order valence-electron chi connectivity index (χ4n) is 1.39. The molecular formula is C9H10Br2N2O7S2. The van der Waals surface area contributed by atoms with Crippen LogP contribution in [0, 0.1) is 0 Å². The molecule has 0 bridgehead atoms. The molecule has 0 aliphatic rings. The zero-order valence-corrected chi connectivity index (χ0v) is 15.3. The summed E-state index contributed by atoms with van der Waals surface area (Å²) < 4.78 is 63.0. The molecule has 0 aromatic heterocycles. The predicted octanol–water partition coefficient (Wildman–Crippen LogP) is 0.859. The molecule has 5 N–H and O–H groups in total. The van der Waals surface area contributed by atoms with Gasteiger partial charge in [0.1, 0.15) is 14.6 Å². The van der Waals surface area contributed by atoms with Crippen molar-refractivity contribution in [2.75, 3.05) is 16.4 Å². The highest BCUT2D eigenvalue weighted by Gasteiger charge is 2.25. The maximum atomic E-state index is 11.7. The van der Waals surface area contributed by atoms with E-state index in [4.69, 9.17) is 14.8 Å². The molecule has 0 aliphatic carbocycles. The maximum Gasteiger partial charge on any atom is 0.296 e. The quantitative estimate of drug-likeness (QED) is 0.273. The third kappa shape index (κ3) is 4.63. The van der Waals surface area contributed by atoms with Crippen LogP contribution in [0.25, 0.3) is 0 Å². The summed E-state index contributed by atoms with van der Waals surface area (Å²) in [5.74, 6) is -0.621. The van der Waals surface area contributed by atoms with Crippen molar-refractivity contribution in [3.05, 3.63) is 12.1 Å². The van der Waals surface area contributed by atoms with E-state index >= 15 is 0 Å². The fourth-order valence-corrected chi connectivity index (χ4v) is 3.19. The van der Waals surface area contributed by atoms with Gasteiger partial charge in [-0.1, -0.05) is 31.9 Å². The number of benzene rings is 1. The maximum absolute atomic E-state index is 11.7. The molecule has 0 radical (unpaired) electrons. The first kappa shape index (κ1) is 19.3. The van der Waals surface area contributed by atoms with Crippen LogP contribution in [0.4, 0.5) is 11.4 Å². The van der Waals surface area contributed by atoms with Gasteiger partial charge < -0.3 is 11.1 Å². The first-order valence-electron chi connectivity index (χ1n) is 5.27. The van der Waals surface area contributed by atoms with Crippen molar-refractivity contribution >= 4 is 69.4 Å². The molecule has 1 aromatic rings. The van der Waals surface area contributed by atoms with Crippen molar-refractivity contribution in [2.24, 2.45) is 0 Å². The Morgan fingerprint density at radius 2 is 1.59 bits per heavy atom. The predicted molar refractivity (Wildman–Crippen MR) is 85.6 cm³/mol. The van der Waals surface area contributed by atoms with Crippen LogP contribution in [-0.4, -0.2) is 42.0 Å². The molecule has 0 saturated carbocycles.